The Morgan fingerprint density at radius 1 is 1.25 bits per heavy atom. The van der Waals surface area contributed by atoms with Gasteiger partial charge in [0.25, 0.3) is 5.91 Å². The second-order valence-corrected chi connectivity index (χ2v) is 5.93. The van der Waals surface area contributed by atoms with Gasteiger partial charge >= 0.3 is 6.18 Å². The summed E-state index contributed by atoms with van der Waals surface area (Å²) in [7, 11) is 0. The Kier molecular flexibility index (Phi) is 6.23. The fourth-order valence-corrected chi connectivity index (χ4v) is 2.35. The molecule has 0 spiro atoms. The molecule has 2 amide bonds. The third-order valence-corrected chi connectivity index (χ3v) is 3.84. The summed E-state index contributed by atoms with van der Waals surface area (Å²) in [6.45, 7) is 1.68. The van der Waals surface area contributed by atoms with E-state index in [9.17, 15) is 22.8 Å². The van der Waals surface area contributed by atoms with Gasteiger partial charge in [0, 0.05) is 5.69 Å². The molecular formula is C15H15ClF3N7O2. The minimum atomic E-state index is -4.69. The highest BCUT2D eigenvalue weighted by Gasteiger charge is 2.33. The summed E-state index contributed by atoms with van der Waals surface area (Å²) in [5.41, 5.74) is 8.85. The number of anilines is 3. The maximum Gasteiger partial charge on any atom is 0.417 e. The topological polar surface area (TPSA) is 149 Å². The molecule has 1 aromatic heterocycles. The van der Waals surface area contributed by atoms with Crippen LogP contribution in [0.15, 0.2) is 18.2 Å². The van der Waals surface area contributed by atoms with E-state index in [1.54, 1.807) is 6.92 Å². The number of carbonyl (C=O) groups is 2. The van der Waals surface area contributed by atoms with Crippen LogP contribution in [0.2, 0.25) is 5.02 Å². The molecule has 13 heteroatoms. The van der Waals surface area contributed by atoms with Crippen LogP contribution < -0.4 is 22.1 Å². The van der Waals surface area contributed by atoms with Gasteiger partial charge in [0.05, 0.1) is 10.6 Å². The lowest BCUT2D eigenvalue weighted by Crippen LogP contribution is -2.35. The SMILES string of the molecule is CC[C@@H](Nc1nnc(C(N)=O)c(Nc2ccc(Cl)c(C(F)(F)F)c2)n1)C(N)=O. The number of hydrogen-bond donors (Lipinski definition) is 4. The Morgan fingerprint density at radius 2 is 1.93 bits per heavy atom. The van der Waals surface area contributed by atoms with Crippen LogP contribution in [0.1, 0.15) is 29.4 Å². The zero-order chi connectivity index (χ0) is 21.1. The number of halogens is 4. The Morgan fingerprint density at radius 3 is 2.46 bits per heavy atom. The lowest BCUT2D eigenvalue weighted by Gasteiger charge is -2.15. The van der Waals surface area contributed by atoms with Crippen molar-refractivity contribution in [2.45, 2.75) is 25.6 Å². The second kappa shape index (κ2) is 8.25. The molecule has 0 bridgehead atoms. The molecule has 2 rings (SSSR count). The quantitative estimate of drug-likeness (QED) is 0.538. The zero-order valence-electron chi connectivity index (χ0n) is 14.3. The molecule has 0 saturated carbocycles. The zero-order valence-corrected chi connectivity index (χ0v) is 15.1. The van der Waals surface area contributed by atoms with Crippen molar-refractivity contribution in [2.24, 2.45) is 11.5 Å². The minimum Gasteiger partial charge on any atom is -0.368 e. The molecule has 2 aromatic rings. The molecule has 1 aromatic carbocycles. The highest BCUT2D eigenvalue weighted by molar-refractivity contribution is 6.31. The average molecular weight is 418 g/mol. The predicted octanol–water partition coefficient (Wildman–Crippen LogP) is 2.06. The number of alkyl halides is 3. The molecule has 0 aliphatic rings. The molecule has 0 fully saturated rings. The largest absolute Gasteiger partial charge is 0.417 e. The highest BCUT2D eigenvalue weighted by atomic mass is 35.5. The van der Waals surface area contributed by atoms with Crippen molar-refractivity contribution in [2.75, 3.05) is 10.6 Å². The molecule has 1 heterocycles. The second-order valence-electron chi connectivity index (χ2n) is 5.52. The van der Waals surface area contributed by atoms with Crippen molar-refractivity contribution in [3.8, 4) is 0 Å². The molecule has 150 valence electrons. The van der Waals surface area contributed by atoms with Crippen LogP contribution in [-0.2, 0) is 11.0 Å². The number of nitrogens with zero attached hydrogens (tertiary/aromatic N) is 3. The maximum atomic E-state index is 13.0. The van der Waals surface area contributed by atoms with E-state index in [2.05, 4.69) is 25.8 Å². The van der Waals surface area contributed by atoms with Gasteiger partial charge in [-0.3, -0.25) is 9.59 Å². The van der Waals surface area contributed by atoms with E-state index in [1.807, 2.05) is 0 Å². The molecule has 0 unspecified atom stereocenters. The van der Waals surface area contributed by atoms with E-state index < -0.39 is 40.3 Å². The van der Waals surface area contributed by atoms with Crippen LogP contribution >= 0.6 is 11.6 Å². The Labute approximate surface area is 161 Å². The first-order valence-electron chi connectivity index (χ1n) is 7.77. The van der Waals surface area contributed by atoms with Crippen LogP contribution in [0.3, 0.4) is 0 Å². The van der Waals surface area contributed by atoms with Crippen LogP contribution in [-0.4, -0.2) is 33.0 Å². The fourth-order valence-electron chi connectivity index (χ4n) is 2.13. The first-order chi connectivity index (χ1) is 13.0. The average Bonchev–Trinajstić information content (AvgIpc) is 2.60. The van der Waals surface area contributed by atoms with E-state index in [1.165, 1.54) is 6.07 Å². The summed E-state index contributed by atoms with van der Waals surface area (Å²) in [5.74, 6) is -2.13. The van der Waals surface area contributed by atoms with E-state index in [0.717, 1.165) is 12.1 Å². The lowest BCUT2D eigenvalue weighted by molar-refractivity contribution is -0.137. The maximum absolute atomic E-state index is 13.0. The predicted molar refractivity (Wildman–Crippen MR) is 95.0 cm³/mol. The van der Waals surface area contributed by atoms with Crippen LogP contribution in [0.4, 0.5) is 30.6 Å². The lowest BCUT2D eigenvalue weighted by atomic mass is 10.2. The van der Waals surface area contributed by atoms with Crippen molar-refractivity contribution >= 4 is 40.9 Å². The van der Waals surface area contributed by atoms with E-state index in [0.29, 0.717) is 6.42 Å². The molecule has 28 heavy (non-hydrogen) atoms. The highest BCUT2D eigenvalue weighted by Crippen LogP contribution is 2.36. The van der Waals surface area contributed by atoms with E-state index in [-0.39, 0.29) is 17.5 Å². The summed E-state index contributed by atoms with van der Waals surface area (Å²) in [5, 5.41) is 11.9. The van der Waals surface area contributed by atoms with E-state index >= 15 is 0 Å². The van der Waals surface area contributed by atoms with Crippen molar-refractivity contribution in [3.63, 3.8) is 0 Å². The van der Waals surface area contributed by atoms with Gasteiger partial charge in [0.1, 0.15) is 6.04 Å². The van der Waals surface area contributed by atoms with Crippen molar-refractivity contribution < 1.29 is 22.8 Å². The van der Waals surface area contributed by atoms with Gasteiger partial charge in [0.15, 0.2) is 11.5 Å². The van der Waals surface area contributed by atoms with Crippen LogP contribution in [0.5, 0.6) is 0 Å². The molecule has 0 radical (unpaired) electrons. The number of rotatable bonds is 7. The van der Waals surface area contributed by atoms with Gasteiger partial charge in [0.2, 0.25) is 11.9 Å². The van der Waals surface area contributed by atoms with Gasteiger partial charge in [-0.2, -0.15) is 18.2 Å². The van der Waals surface area contributed by atoms with Crippen LogP contribution in [0, 0.1) is 0 Å². The number of hydrogen-bond acceptors (Lipinski definition) is 7. The minimum absolute atomic E-state index is 0.0763. The number of nitrogens with two attached hydrogens (primary N) is 2. The summed E-state index contributed by atoms with van der Waals surface area (Å²) in [4.78, 5) is 26.8. The number of carbonyl (C=O) groups excluding carboxylic acids is 2. The monoisotopic (exact) mass is 417 g/mol. The van der Waals surface area contributed by atoms with Crippen LogP contribution in [0.25, 0.3) is 0 Å². The molecule has 0 aliphatic carbocycles. The summed E-state index contributed by atoms with van der Waals surface area (Å²) in [6, 6.07) is 2.20. The van der Waals surface area contributed by atoms with Gasteiger partial charge in [-0.1, -0.05) is 18.5 Å². The summed E-state index contributed by atoms with van der Waals surface area (Å²) < 4.78 is 39.1. The van der Waals surface area contributed by atoms with E-state index in [4.69, 9.17) is 23.1 Å². The van der Waals surface area contributed by atoms with Crippen molar-refractivity contribution in [1.29, 1.82) is 0 Å². The molecule has 9 nitrogen and oxygen atoms in total. The molecule has 1 atom stereocenters. The van der Waals surface area contributed by atoms with Crippen molar-refractivity contribution in [1.82, 2.24) is 15.2 Å². The molecule has 0 aliphatic heterocycles. The van der Waals surface area contributed by atoms with Gasteiger partial charge in [-0.05, 0) is 24.6 Å². The van der Waals surface area contributed by atoms with Gasteiger partial charge < -0.3 is 22.1 Å². The Bertz CT molecular complexity index is 908. The number of benzene rings is 1. The third-order valence-electron chi connectivity index (χ3n) is 3.51. The summed E-state index contributed by atoms with van der Waals surface area (Å²) >= 11 is 5.58. The normalized spacial score (nSPS) is 12.3. The Hall–Kier alpha value is -3.15. The third kappa shape index (κ3) is 4.97. The first-order valence-corrected chi connectivity index (χ1v) is 8.14. The molecule has 6 N–H and O–H groups in total. The number of nitrogens with one attached hydrogen (secondary N) is 2. The smallest absolute Gasteiger partial charge is 0.368 e. The van der Waals surface area contributed by atoms with Gasteiger partial charge in [-0.15, -0.1) is 10.2 Å². The van der Waals surface area contributed by atoms with Crippen molar-refractivity contribution in [3.05, 3.63) is 34.5 Å². The number of primary amides is 2. The number of amides is 2. The molecular weight excluding hydrogens is 403 g/mol. The Balaban J connectivity index is 2.42. The number of aromatic nitrogens is 3. The fraction of sp³-hybridized carbons (Fsp3) is 0.267. The first kappa shape index (κ1) is 21.2. The summed E-state index contributed by atoms with van der Waals surface area (Å²) in [6.07, 6.45) is -4.38. The van der Waals surface area contributed by atoms with Gasteiger partial charge in [-0.25, -0.2) is 0 Å². The standard InChI is InChI=1S/C15H15ClF3N7O2/c1-2-9(11(20)27)23-14-24-13(10(12(21)28)25-26-14)22-6-3-4-8(16)7(5-6)15(17,18)19/h3-5,9H,2H2,1H3,(H2,20,27)(H2,21,28)(H2,22,23,24,26)/t9-/m1/s1. The molecule has 0 saturated heterocycles.